The highest BCUT2D eigenvalue weighted by molar-refractivity contribution is 7.89. The second-order valence-electron chi connectivity index (χ2n) is 7.75. The first-order valence-electron chi connectivity index (χ1n) is 10.7. The van der Waals surface area contributed by atoms with E-state index in [1.54, 1.807) is 24.3 Å². The fourth-order valence-electron chi connectivity index (χ4n) is 3.37. The number of halogens is 1. The smallest absolute Gasteiger partial charge is 0.245 e. The topological polar surface area (TPSA) is 114 Å². The molecule has 2 amide bonds. The van der Waals surface area contributed by atoms with Gasteiger partial charge in [-0.3, -0.25) is 9.59 Å². The molecule has 0 spiro atoms. The number of carbonyl (C=O) groups is 2. The SMILES string of the molecule is COc1ccc(NC(C)=O)cc1S(=O)(=O)N[C@@H](Cc1ccccc1)C(=O)NCc1ccc(F)cc1. The molecule has 8 nitrogen and oxygen atoms in total. The summed E-state index contributed by atoms with van der Waals surface area (Å²) < 4.78 is 47.5. The monoisotopic (exact) mass is 499 g/mol. The first-order valence-corrected chi connectivity index (χ1v) is 12.2. The number of rotatable bonds is 10. The zero-order valence-corrected chi connectivity index (χ0v) is 20.1. The summed E-state index contributed by atoms with van der Waals surface area (Å²) in [5, 5.41) is 5.24. The molecule has 3 aromatic carbocycles. The summed E-state index contributed by atoms with van der Waals surface area (Å²) in [5.41, 5.74) is 1.67. The third-order valence-corrected chi connectivity index (χ3v) is 6.54. The van der Waals surface area contributed by atoms with Gasteiger partial charge in [-0.25, -0.2) is 12.8 Å². The van der Waals surface area contributed by atoms with Crippen LogP contribution in [0.2, 0.25) is 0 Å². The number of methoxy groups -OCH3 is 1. The molecule has 0 bridgehead atoms. The van der Waals surface area contributed by atoms with Crippen LogP contribution in [0.25, 0.3) is 0 Å². The van der Waals surface area contributed by atoms with E-state index in [0.29, 0.717) is 5.56 Å². The van der Waals surface area contributed by atoms with E-state index in [9.17, 15) is 22.4 Å². The van der Waals surface area contributed by atoms with E-state index in [2.05, 4.69) is 15.4 Å². The van der Waals surface area contributed by atoms with Crippen LogP contribution in [-0.4, -0.2) is 33.4 Å². The summed E-state index contributed by atoms with van der Waals surface area (Å²) in [7, 11) is -2.93. The molecule has 184 valence electrons. The molecule has 3 rings (SSSR count). The van der Waals surface area contributed by atoms with Crippen molar-refractivity contribution >= 4 is 27.5 Å². The number of anilines is 1. The number of benzene rings is 3. The van der Waals surface area contributed by atoms with E-state index in [0.717, 1.165) is 5.56 Å². The van der Waals surface area contributed by atoms with Gasteiger partial charge in [0.05, 0.1) is 7.11 Å². The predicted molar refractivity (Wildman–Crippen MR) is 130 cm³/mol. The maximum Gasteiger partial charge on any atom is 0.245 e. The number of amides is 2. The lowest BCUT2D eigenvalue weighted by molar-refractivity contribution is -0.122. The van der Waals surface area contributed by atoms with E-state index < -0.39 is 27.8 Å². The Labute approximate surface area is 203 Å². The third-order valence-electron chi connectivity index (χ3n) is 5.05. The van der Waals surface area contributed by atoms with Crippen molar-refractivity contribution in [2.75, 3.05) is 12.4 Å². The van der Waals surface area contributed by atoms with Gasteiger partial charge in [0, 0.05) is 19.2 Å². The first kappa shape index (κ1) is 25.9. The van der Waals surface area contributed by atoms with Gasteiger partial charge in [-0.1, -0.05) is 42.5 Å². The third kappa shape index (κ3) is 7.36. The van der Waals surface area contributed by atoms with Crippen LogP contribution in [0.3, 0.4) is 0 Å². The van der Waals surface area contributed by atoms with Gasteiger partial charge >= 0.3 is 0 Å². The lowest BCUT2D eigenvalue weighted by Gasteiger charge is -2.20. The molecule has 0 aromatic heterocycles. The standard InChI is InChI=1S/C25H26FN3O5S/c1-17(30)28-21-12-13-23(34-2)24(15-21)35(32,33)29-22(14-18-6-4-3-5-7-18)25(31)27-16-19-8-10-20(26)11-9-19/h3-13,15,22,29H,14,16H2,1-2H3,(H,27,31)(H,28,30)/t22-/m0/s1. The normalized spacial score (nSPS) is 12.0. The van der Waals surface area contributed by atoms with Gasteiger partial charge in [-0.05, 0) is 47.9 Å². The molecular formula is C25H26FN3O5S. The van der Waals surface area contributed by atoms with Gasteiger partial charge in [-0.2, -0.15) is 4.72 Å². The molecule has 0 aliphatic heterocycles. The fraction of sp³-hybridized carbons (Fsp3) is 0.200. The Balaban J connectivity index is 1.87. The number of sulfonamides is 1. The van der Waals surface area contributed by atoms with E-state index in [1.807, 2.05) is 6.07 Å². The van der Waals surface area contributed by atoms with Gasteiger partial charge < -0.3 is 15.4 Å². The molecule has 0 fully saturated rings. The summed E-state index contributed by atoms with van der Waals surface area (Å²) in [5.74, 6) is -1.27. The van der Waals surface area contributed by atoms with Crippen molar-refractivity contribution in [3.05, 3.63) is 89.7 Å². The molecule has 0 aliphatic rings. The predicted octanol–water partition coefficient (Wildman–Crippen LogP) is 3.00. The average molecular weight is 500 g/mol. The highest BCUT2D eigenvalue weighted by Gasteiger charge is 2.28. The Bertz CT molecular complexity index is 1280. The summed E-state index contributed by atoms with van der Waals surface area (Å²) in [4.78, 5) is 24.3. The molecule has 0 unspecified atom stereocenters. The van der Waals surface area contributed by atoms with Crippen LogP contribution >= 0.6 is 0 Å². The summed E-state index contributed by atoms with van der Waals surface area (Å²) in [6, 6.07) is 17.6. The highest BCUT2D eigenvalue weighted by Crippen LogP contribution is 2.27. The Morgan fingerprint density at radius 1 is 0.971 bits per heavy atom. The quantitative estimate of drug-likeness (QED) is 0.397. The molecule has 0 aliphatic carbocycles. The lowest BCUT2D eigenvalue weighted by atomic mass is 10.1. The Hall–Kier alpha value is -3.76. The maximum absolute atomic E-state index is 13.3. The van der Waals surface area contributed by atoms with Crippen molar-refractivity contribution in [2.24, 2.45) is 0 Å². The number of carbonyl (C=O) groups excluding carboxylic acids is 2. The van der Waals surface area contributed by atoms with Crippen molar-refractivity contribution < 1.29 is 27.1 Å². The molecule has 1 atom stereocenters. The number of hydrogen-bond acceptors (Lipinski definition) is 5. The van der Waals surface area contributed by atoms with Gasteiger partial charge in [0.1, 0.15) is 22.5 Å². The van der Waals surface area contributed by atoms with Crippen molar-refractivity contribution in [2.45, 2.75) is 30.8 Å². The minimum atomic E-state index is -4.25. The Morgan fingerprint density at radius 3 is 2.29 bits per heavy atom. The highest BCUT2D eigenvalue weighted by atomic mass is 32.2. The molecule has 0 heterocycles. The Morgan fingerprint density at radius 2 is 1.66 bits per heavy atom. The van der Waals surface area contributed by atoms with Crippen molar-refractivity contribution in [1.29, 1.82) is 0 Å². The average Bonchev–Trinajstić information content (AvgIpc) is 2.83. The zero-order chi connectivity index (χ0) is 25.4. The number of nitrogens with one attached hydrogen (secondary N) is 3. The van der Waals surface area contributed by atoms with Crippen molar-refractivity contribution in [1.82, 2.24) is 10.0 Å². The zero-order valence-electron chi connectivity index (χ0n) is 19.2. The van der Waals surface area contributed by atoms with Gasteiger partial charge in [0.2, 0.25) is 21.8 Å². The molecular weight excluding hydrogens is 473 g/mol. The molecule has 35 heavy (non-hydrogen) atoms. The van der Waals surface area contributed by atoms with E-state index >= 15 is 0 Å². The van der Waals surface area contributed by atoms with Crippen LogP contribution < -0.4 is 20.1 Å². The molecule has 3 N–H and O–H groups in total. The molecule has 0 saturated heterocycles. The molecule has 10 heteroatoms. The van der Waals surface area contributed by atoms with Crippen molar-refractivity contribution in [3.8, 4) is 5.75 Å². The van der Waals surface area contributed by atoms with Gasteiger partial charge in [-0.15, -0.1) is 0 Å². The second-order valence-corrected chi connectivity index (χ2v) is 9.44. The maximum atomic E-state index is 13.3. The minimum Gasteiger partial charge on any atom is -0.495 e. The molecule has 0 radical (unpaired) electrons. The van der Waals surface area contributed by atoms with Crippen molar-refractivity contribution in [3.63, 3.8) is 0 Å². The molecule has 3 aromatic rings. The summed E-state index contributed by atoms with van der Waals surface area (Å²) in [6.45, 7) is 1.39. The lowest BCUT2D eigenvalue weighted by Crippen LogP contribution is -2.47. The Kier molecular flexibility index (Phi) is 8.56. The van der Waals surface area contributed by atoms with E-state index in [1.165, 1.54) is 56.5 Å². The van der Waals surface area contributed by atoms with Gasteiger partial charge in [0.15, 0.2) is 0 Å². The number of hydrogen-bond donors (Lipinski definition) is 3. The molecule has 0 saturated carbocycles. The van der Waals surface area contributed by atoms with Crippen LogP contribution in [0, 0.1) is 5.82 Å². The van der Waals surface area contributed by atoms with Gasteiger partial charge in [0.25, 0.3) is 0 Å². The minimum absolute atomic E-state index is 0.0526. The second kappa shape index (κ2) is 11.6. The van der Waals surface area contributed by atoms with E-state index in [-0.39, 0.29) is 35.2 Å². The van der Waals surface area contributed by atoms with Crippen LogP contribution in [0.1, 0.15) is 18.1 Å². The first-order chi connectivity index (χ1) is 16.7. The summed E-state index contributed by atoms with van der Waals surface area (Å²) in [6.07, 6.45) is 0.0863. The summed E-state index contributed by atoms with van der Waals surface area (Å²) >= 11 is 0. The number of ether oxygens (including phenoxy) is 1. The van der Waals surface area contributed by atoms with Crippen LogP contribution in [0.4, 0.5) is 10.1 Å². The fourth-order valence-corrected chi connectivity index (χ4v) is 4.76. The van der Waals surface area contributed by atoms with Crippen LogP contribution in [0.15, 0.2) is 77.7 Å². The van der Waals surface area contributed by atoms with Crippen LogP contribution in [0.5, 0.6) is 5.75 Å². The van der Waals surface area contributed by atoms with E-state index in [4.69, 9.17) is 4.74 Å². The largest absolute Gasteiger partial charge is 0.495 e. The van der Waals surface area contributed by atoms with Crippen LogP contribution in [-0.2, 0) is 32.6 Å².